The Bertz CT molecular complexity index is 783. The molecule has 0 aromatic heterocycles. The molecule has 1 aliphatic heterocycles. The van der Waals surface area contributed by atoms with Crippen LogP contribution in [0.3, 0.4) is 0 Å². The van der Waals surface area contributed by atoms with Gasteiger partial charge in [0, 0.05) is 13.1 Å². The zero-order valence-electron chi connectivity index (χ0n) is 15.1. The van der Waals surface area contributed by atoms with Gasteiger partial charge in [-0.15, -0.1) is 0 Å². The van der Waals surface area contributed by atoms with Crippen molar-refractivity contribution in [3.8, 4) is 0 Å². The second-order valence-electron chi connectivity index (χ2n) is 7.69. The van der Waals surface area contributed by atoms with Crippen molar-refractivity contribution in [2.45, 2.75) is 51.2 Å². The van der Waals surface area contributed by atoms with Crippen LogP contribution in [-0.4, -0.2) is 22.9 Å². The standard InChI is InChI=1S/C22H26N2O/c1-16-7-9-17(10-8-16)15-24-14-13-22(24,2)21(25)23-20-12-11-18-5-3-4-6-19(18)20/h3-10,20H,11-15H2,1-2H3,(H,23,25). The summed E-state index contributed by atoms with van der Waals surface area (Å²) in [6, 6.07) is 17.3. The maximum Gasteiger partial charge on any atom is 0.240 e. The fourth-order valence-corrected chi connectivity index (χ4v) is 4.05. The van der Waals surface area contributed by atoms with Gasteiger partial charge in [0.1, 0.15) is 0 Å². The van der Waals surface area contributed by atoms with E-state index in [-0.39, 0.29) is 17.5 Å². The van der Waals surface area contributed by atoms with Gasteiger partial charge in [-0.1, -0.05) is 54.1 Å². The van der Waals surface area contributed by atoms with Gasteiger partial charge >= 0.3 is 0 Å². The number of nitrogens with zero attached hydrogens (tertiary/aromatic N) is 1. The molecule has 2 atom stereocenters. The molecule has 1 N–H and O–H groups in total. The van der Waals surface area contributed by atoms with Gasteiger partial charge in [-0.25, -0.2) is 0 Å². The number of benzene rings is 2. The second kappa shape index (κ2) is 6.30. The summed E-state index contributed by atoms with van der Waals surface area (Å²) >= 11 is 0. The Balaban J connectivity index is 1.44. The minimum atomic E-state index is -0.386. The summed E-state index contributed by atoms with van der Waals surface area (Å²) in [6.07, 6.45) is 3.00. The van der Waals surface area contributed by atoms with Crippen LogP contribution in [-0.2, 0) is 17.8 Å². The molecule has 2 unspecified atom stereocenters. The molecule has 1 aliphatic carbocycles. The molecule has 2 aromatic carbocycles. The van der Waals surface area contributed by atoms with E-state index in [2.05, 4.69) is 72.6 Å². The third-order valence-corrected chi connectivity index (χ3v) is 5.99. The third-order valence-electron chi connectivity index (χ3n) is 5.99. The lowest BCUT2D eigenvalue weighted by Gasteiger charge is -2.49. The van der Waals surface area contributed by atoms with Crippen LogP contribution in [0.15, 0.2) is 48.5 Å². The van der Waals surface area contributed by atoms with Crippen molar-refractivity contribution in [1.29, 1.82) is 0 Å². The highest BCUT2D eigenvalue weighted by Crippen LogP contribution is 2.35. The van der Waals surface area contributed by atoms with Gasteiger partial charge in [0.2, 0.25) is 5.91 Å². The van der Waals surface area contributed by atoms with E-state index in [4.69, 9.17) is 0 Å². The minimum absolute atomic E-state index is 0.169. The highest BCUT2D eigenvalue weighted by Gasteiger charge is 2.47. The molecule has 0 saturated carbocycles. The molecule has 1 amide bonds. The van der Waals surface area contributed by atoms with Gasteiger partial charge in [-0.05, 0) is 49.8 Å². The van der Waals surface area contributed by atoms with Gasteiger partial charge in [-0.2, -0.15) is 0 Å². The Morgan fingerprint density at radius 1 is 1.20 bits per heavy atom. The number of carbonyl (C=O) groups is 1. The number of fused-ring (bicyclic) bond motifs is 1. The average Bonchev–Trinajstić information content (AvgIpc) is 3.02. The first-order valence-electron chi connectivity index (χ1n) is 9.26. The number of hydrogen-bond donors (Lipinski definition) is 1. The van der Waals surface area contributed by atoms with E-state index in [1.807, 2.05) is 0 Å². The number of amides is 1. The third kappa shape index (κ3) is 2.98. The summed E-state index contributed by atoms with van der Waals surface area (Å²) < 4.78 is 0. The fraction of sp³-hybridized carbons (Fsp3) is 0.409. The molecule has 2 aromatic rings. The lowest BCUT2D eigenvalue weighted by molar-refractivity contribution is -0.142. The second-order valence-corrected chi connectivity index (χ2v) is 7.69. The van der Waals surface area contributed by atoms with E-state index < -0.39 is 0 Å². The minimum Gasteiger partial charge on any atom is -0.348 e. The molecule has 0 radical (unpaired) electrons. The molecule has 1 heterocycles. The van der Waals surface area contributed by atoms with E-state index in [0.29, 0.717) is 0 Å². The molecule has 3 heteroatoms. The Hall–Kier alpha value is -2.13. The van der Waals surface area contributed by atoms with Crippen LogP contribution in [0.5, 0.6) is 0 Å². The molecule has 0 bridgehead atoms. The Kier molecular flexibility index (Phi) is 4.12. The topological polar surface area (TPSA) is 32.3 Å². The van der Waals surface area contributed by atoms with Crippen LogP contribution in [0.25, 0.3) is 0 Å². The lowest BCUT2D eigenvalue weighted by Crippen LogP contribution is -2.65. The molecule has 1 saturated heterocycles. The van der Waals surface area contributed by atoms with Crippen molar-refractivity contribution in [3.63, 3.8) is 0 Å². The number of hydrogen-bond acceptors (Lipinski definition) is 2. The Morgan fingerprint density at radius 2 is 1.96 bits per heavy atom. The fourth-order valence-electron chi connectivity index (χ4n) is 4.05. The first-order valence-corrected chi connectivity index (χ1v) is 9.26. The molecule has 1 fully saturated rings. The normalized spacial score (nSPS) is 25.3. The molecular formula is C22H26N2O. The van der Waals surface area contributed by atoms with Crippen LogP contribution in [0.1, 0.15) is 48.1 Å². The molecular weight excluding hydrogens is 308 g/mol. The SMILES string of the molecule is Cc1ccc(CN2CCC2(C)C(=O)NC2CCc3ccccc32)cc1. The van der Waals surface area contributed by atoms with Crippen molar-refractivity contribution in [1.82, 2.24) is 10.2 Å². The van der Waals surface area contributed by atoms with Crippen LogP contribution in [0.2, 0.25) is 0 Å². The zero-order chi connectivity index (χ0) is 17.4. The highest BCUT2D eigenvalue weighted by molar-refractivity contribution is 5.87. The average molecular weight is 334 g/mol. The molecule has 3 nitrogen and oxygen atoms in total. The number of rotatable bonds is 4. The zero-order valence-corrected chi connectivity index (χ0v) is 15.1. The maximum atomic E-state index is 13.0. The summed E-state index contributed by atoms with van der Waals surface area (Å²) in [4.78, 5) is 15.3. The van der Waals surface area contributed by atoms with Crippen molar-refractivity contribution in [2.75, 3.05) is 6.54 Å². The largest absolute Gasteiger partial charge is 0.348 e. The Morgan fingerprint density at radius 3 is 2.68 bits per heavy atom. The predicted molar refractivity (Wildman–Crippen MR) is 100 cm³/mol. The van der Waals surface area contributed by atoms with Crippen molar-refractivity contribution >= 4 is 5.91 Å². The van der Waals surface area contributed by atoms with E-state index in [1.54, 1.807) is 0 Å². The quantitative estimate of drug-likeness (QED) is 0.923. The molecule has 25 heavy (non-hydrogen) atoms. The summed E-state index contributed by atoms with van der Waals surface area (Å²) in [5, 5.41) is 3.32. The first-order chi connectivity index (χ1) is 12.1. The predicted octanol–water partition coefficient (Wildman–Crippen LogP) is 3.76. The van der Waals surface area contributed by atoms with E-state index in [9.17, 15) is 4.79 Å². The van der Waals surface area contributed by atoms with E-state index in [1.165, 1.54) is 22.3 Å². The van der Waals surface area contributed by atoms with Crippen LogP contribution in [0.4, 0.5) is 0 Å². The molecule has 0 spiro atoms. The van der Waals surface area contributed by atoms with Gasteiger partial charge in [0.15, 0.2) is 0 Å². The number of likely N-dealkylation sites (tertiary alicyclic amines) is 1. The van der Waals surface area contributed by atoms with Crippen LogP contribution < -0.4 is 5.32 Å². The van der Waals surface area contributed by atoms with E-state index >= 15 is 0 Å². The van der Waals surface area contributed by atoms with Crippen molar-refractivity contribution in [3.05, 3.63) is 70.8 Å². The first kappa shape index (κ1) is 16.3. The number of carbonyl (C=O) groups excluding carboxylic acids is 1. The van der Waals surface area contributed by atoms with Crippen molar-refractivity contribution < 1.29 is 4.79 Å². The number of nitrogens with one attached hydrogen (secondary N) is 1. The van der Waals surface area contributed by atoms with Crippen LogP contribution in [0, 0.1) is 6.92 Å². The summed E-state index contributed by atoms with van der Waals surface area (Å²) in [5.41, 5.74) is 4.83. The maximum absolute atomic E-state index is 13.0. The molecule has 2 aliphatic rings. The summed E-state index contributed by atoms with van der Waals surface area (Å²) in [6.45, 7) is 6.01. The van der Waals surface area contributed by atoms with E-state index in [0.717, 1.165) is 32.4 Å². The Labute approximate surface area is 150 Å². The lowest BCUT2D eigenvalue weighted by atomic mass is 9.84. The summed E-state index contributed by atoms with van der Waals surface area (Å²) in [5.74, 6) is 0.174. The van der Waals surface area contributed by atoms with Crippen LogP contribution >= 0.6 is 0 Å². The number of aryl methyl sites for hydroxylation is 2. The van der Waals surface area contributed by atoms with Gasteiger partial charge in [0.05, 0.1) is 11.6 Å². The highest BCUT2D eigenvalue weighted by atomic mass is 16.2. The smallest absolute Gasteiger partial charge is 0.240 e. The van der Waals surface area contributed by atoms with Crippen molar-refractivity contribution in [2.24, 2.45) is 0 Å². The van der Waals surface area contributed by atoms with Gasteiger partial charge in [-0.3, -0.25) is 9.69 Å². The molecule has 4 rings (SSSR count). The van der Waals surface area contributed by atoms with Gasteiger partial charge in [0.25, 0.3) is 0 Å². The molecule has 130 valence electrons. The van der Waals surface area contributed by atoms with Gasteiger partial charge < -0.3 is 5.32 Å². The monoisotopic (exact) mass is 334 g/mol. The summed E-state index contributed by atoms with van der Waals surface area (Å²) in [7, 11) is 0.